The predicted octanol–water partition coefficient (Wildman–Crippen LogP) is 2.06. The van der Waals surface area contributed by atoms with Crippen molar-refractivity contribution in [2.45, 2.75) is 63.2 Å². The summed E-state index contributed by atoms with van der Waals surface area (Å²) in [5, 5.41) is 12.6. The molecule has 2 aliphatic heterocycles. The Morgan fingerprint density at radius 3 is 2.27 bits per heavy atom. The van der Waals surface area contributed by atoms with E-state index >= 15 is 0 Å². The molecule has 10 heteroatoms. The number of benzene rings is 3. The van der Waals surface area contributed by atoms with Crippen LogP contribution in [0.3, 0.4) is 0 Å². The van der Waals surface area contributed by atoms with Crippen LogP contribution >= 0.6 is 0 Å². The molecule has 4 atom stereocenters. The monoisotopic (exact) mass is 611 g/mol. The molecule has 3 aromatic rings. The van der Waals surface area contributed by atoms with Crippen molar-refractivity contribution in [3.8, 4) is 5.75 Å². The second-order valence-electron chi connectivity index (χ2n) is 12.1. The number of primary amides is 1. The van der Waals surface area contributed by atoms with E-state index in [1.165, 1.54) is 0 Å². The summed E-state index contributed by atoms with van der Waals surface area (Å²) in [6, 6.07) is 21.8. The van der Waals surface area contributed by atoms with E-state index in [0.717, 1.165) is 22.3 Å². The average molecular weight is 612 g/mol. The molecule has 0 radical (unpaired) electrons. The molecular formula is C35H41N5O5. The van der Waals surface area contributed by atoms with Crippen LogP contribution in [0.2, 0.25) is 0 Å². The fourth-order valence-electron chi connectivity index (χ4n) is 6.36. The van der Waals surface area contributed by atoms with Crippen LogP contribution in [-0.2, 0) is 45.0 Å². The molecule has 0 aromatic heterocycles. The van der Waals surface area contributed by atoms with Crippen LogP contribution in [-0.4, -0.2) is 69.8 Å². The number of carbonyl (C=O) groups excluding carboxylic acids is 4. The summed E-state index contributed by atoms with van der Waals surface area (Å²) in [4.78, 5) is 56.4. The Balaban J connectivity index is 1.29. The maximum atomic E-state index is 13.8. The lowest BCUT2D eigenvalue weighted by Gasteiger charge is -2.30. The molecular weight excluding hydrogens is 570 g/mol. The van der Waals surface area contributed by atoms with E-state index in [1.807, 2.05) is 54.6 Å². The van der Waals surface area contributed by atoms with E-state index in [4.69, 9.17) is 11.5 Å². The van der Waals surface area contributed by atoms with E-state index in [1.54, 1.807) is 34.1 Å². The number of fused-ring (bicyclic) bond motifs is 1. The quantitative estimate of drug-likeness (QED) is 0.275. The first kappa shape index (κ1) is 31.7. The lowest BCUT2D eigenvalue weighted by Crippen LogP contribution is -2.54. The van der Waals surface area contributed by atoms with E-state index < -0.39 is 30.0 Å². The second kappa shape index (κ2) is 14.4. The number of phenolic OH excluding ortho intramolecular Hbond substituents is 1. The minimum Gasteiger partial charge on any atom is -0.508 e. The highest BCUT2D eigenvalue weighted by molar-refractivity contribution is 5.91. The van der Waals surface area contributed by atoms with Crippen molar-refractivity contribution in [1.82, 2.24) is 15.1 Å². The van der Waals surface area contributed by atoms with Gasteiger partial charge in [0, 0.05) is 32.1 Å². The molecule has 3 aromatic carbocycles. The molecule has 0 saturated carbocycles. The van der Waals surface area contributed by atoms with Crippen molar-refractivity contribution in [3.63, 3.8) is 0 Å². The van der Waals surface area contributed by atoms with Gasteiger partial charge in [-0.05, 0) is 66.5 Å². The highest BCUT2D eigenvalue weighted by atomic mass is 16.3. The molecule has 4 amide bonds. The Morgan fingerprint density at radius 1 is 0.889 bits per heavy atom. The van der Waals surface area contributed by atoms with Crippen molar-refractivity contribution in [1.29, 1.82) is 0 Å². The topological polar surface area (TPSA) is 159 Å². The van der Waals surface area contributed by atoms with Gasteiger partial charge in [0.25, 0.3) is 0 Å². The molecule has 5 rings (SSSR count). The first-order chi connectivity index (χ1) is 21.7. The molecule has 10 nitrogen and oxygen atoms in total. The van der Waals surface area contributed by atoms with Gasteiger partial charge in [0.2, 0.25) is 23.6 Å². The molecule has 45 heavy (non-hydrogen) atoms. The van der Waals surface area contributed by atoms with Gasteiger partial charge in [-0.2, -0.15) is 0 Å². The van der Waals surface area contributed by atoms with Gasteiger partial charge < -0.3 is 31.7 Å². The highest BCUT2D eigenvalue weighted by Crippen LogP contribution is 2.24. The number of aromatic hydroxyl groups is 1. The Morgan fingerprint density at radius 2 is 1.56 bits per heavy atom. The molecule has 0 aliphatic carbocycles. The molecule has 236 valence electrons. The van der Waals surface area contributed by atoms with E-state index in [9.17, 15) is 24.3 Å². The summed E-state index contributed by atoms with van der Waals surface area (Å²) in [6.45, 7) is 0.984. The summed E-state index contributed by atoms with van der Waals surface area (Å²) >= 11 is 0. The third kappa shape index (κ3) is 8.07. The zero-order valence-corrected chi connectivity index (χ0v) is 25.3. The summed E-state index contributed by atoms with van der Waals surface area (Å²) < 4.78 is 0. The Bertz CT molecular complexity index is 1510. The lowest BCUT2D eigenvalue weighted by atomic mass is 9.97. The smallest absolute Gasteiger partial charge is 0.243 e. The normalized spacial score (nSPS) is 19.2. The average Bonchev–Trinajstić information content (AvgIpc) is 3.43. The Labute approximate surface area is 263 Å². The highest BCUT2D eigenvalue weighted by Gasteiger charge is 2.37. The molecule has 0 unspecified atom stereocenters. The van der Waals surface area contributed by atoms with E-state index in [2.05, 4.69) is 5.32 Å². The number of hydrogen-bond donors (Lipinski definition) is 4. The zero-order chi connectivity index (χ0) is 31.9. The number of carbonyl (C=O) groups is 4. The van der Waals surface area contributed by atoms with Gasteiger partial charge in [-0.3, -0.25) is 19.2 Å². The maximum absolute atomic E-state index is 13.8. The van der Waals surface area contributed by atoms with Gasteiger partial charge in [-0.1, -0.05) is 66.7 Å². The van der Waals surface area contributed by atoms with Gasteiger partial charge in [0.15, 0.2) is 0 Å². The second-order valence-corrected chi connectivity index (χ2v) is 12.1. The molecule has 1 saturated heterocycles. The van der Waals surface area contributed by atoms with Crippen molar-refractivity contribution in [3.05, 3.63) is 101 Å². The van der Waals surface area contributed by atoms with Crippen molar-refractivity contribution >= 4 is 23.6 Å². The zero-order valence-electron chi connectivity index (χ0n) is 25.3. The molecule has 0 spiro atoms. The summed E-state index contributed by atoms with van der Waals surface area (Å²) in [5.41, 5.74) is 15.8. The van der Waals surface area contributed by atoms with Crippen LogP contribution in [0.4, 0.5) is 0 Å². The van der Waals surface area contributed by atoms with Gasteiger partial charge in [-0.15, -0.1) is 0 Å². The first-order valence-electron chi connectivity index (χ1n) is 15.5. The fraction of sp³-hybridized carbons (Fsp3) is 0.371. The number of nitrogens with two attached hydrogens (primary N) is 2. The van der Waals surface area contributed by atoms with Gasteiger partial charge in [-0.25, -0.2) is 0 Å². The summed E-state index contributed by atoms with van der Waals surface area (Å²) in [7, 11) is 0. The number of phenols is 1. The van der Waals surface area contributed by atoms with Crippen molar-refractivity contribution < 1.29 is 24.3 Å². The fourth-order valence-corrected chi connectivity index (χ4v) is 6.36. The summed E-state index contributed by atoms with van der Waals surface area (Å²) in [6.07, 6.45) is 2.36. The van der Waals surface area contributed by atoms with Gasteiger partial charge in [0.05, 0.1) is 12.0 Å². The molecule has 1 fully saturated rings. The SMILES string of the molecule is NC(=O)[C@@H]1Cc2ccccc2CN(C(=O)C[C@H](Cc2ccccc2)NC(=O)[C@@H]2CCCN2C(=O)[C@@H](N)Cc2ccc(O)cc2)C1. The van der Waals surface area contributed by atoms with Crippen LogP contribution < -0.4 is 16.8 Å². The van der Waals surface area contributed by atoms with Crippen LogP contribution in [0, 0.1) is 5.92 Å². The predicted molar refractivity (Wildman–Crippen MR) is 169 cm³/mol. The minimum absolute atomic E-state index is 0.0231. The molecule has 2 aliphatic rings. The van der Waals surface area contributed by atoms with Gasteiger partial charge in [0.1, 0.15) is 11.8 Å². The minimum atomic E-state index is -0.839. The maximum Gasteiger partial charge on any atom is 0.243 e. The van der Waals surface area contributed by atoms with E-state index in [0.29, 0.717) is 38.8 Å². The number of nitrogens with zero attached hydrogens (tertiary/aromatic N) is 2. The van der Waals surface area contributed by atoms with Crippen LogP contribution in [0.1, 0.15) is 41.5 Å². The molecule has 6 N–H and O–H groups in total. The van der Waals surface area contributed by atoms with Crippen molar-refractivity contribution in [2.75, 3.05) is 13.1 Å². The Kier molecular flexibility index (Phi) is 10.1. The number of rotatable bonds is 10. The largest absolute Gasteiger partial charge is 0.508 e. The third-order valence-corrected chi connectivity index (χ3v) is 8.78. The number of likely N-dealkylation sites (tertiary alicyclic amines) is 1. The number of nitrogens with one attached hydrogen (secondary N) is 1. The summed E-state index contributed by atoms with van der Waals surface area (Å²) in [5.74, 6) is -1.64. The third-order valence-electron chi connectivity index (χ3n) is 8.78. The van der Waals surface area contributed by atoms with E-state index in [-0.39, 0.29) is 42.9 Å². The molecule has 2 heterocycles. The number of amides is 4. The van der Waals surface area contributed by atoms with Crippen LogP contribution in [0.5, 0.6) is 5.75 Å². The van der Waals surface area contributed by atoms with Crippen LogP contribution in [0.15, 0.2) is 78.9 Å². The Hall–Kier alpha value is -4.70. The first-order valence-corrected chi connectivity index (χ1v) is 15.5. The molecule has 0 bridgehead atoms. The lowest BCUT2D eigenvalue weighted by molar-refractivity contribution is -0.140. The number of hydrogen-bond acceptors (Lipinski definition) is 6. The van der Waals surface area contributed by atoms with Crippen molar-refractivity contribution in [2.24, 2.45) is 17.4 Å². The van der Waals surface area contributed by atoms with Crippen LogP contribution in [0.25, 0.3) is 0 Å². The standard InChI is InChI=1S/C35H41N5O5/c36-30(18-24-12-14-29(41)15-13-24)35(45)40-16-6-11-31(40)34(44)38-28(17-23-7-2-1-3-8-23)20-32(42)39-21-26-10-5-4-9-25(26)19-27(22-39)33(37)43/h1-5,7-10,12-15,27-28,30-31,41H,6,11,16-22,36H2,(H2,37,43)(H,38,44)/t27-,28+,30+,31+/m1/s1. The van der Waals surface area contributed by atoms with Gasteiger partial charge >= 0.3 is 0 Å².